The highest BCUT2D eigenvalue weighted by molar-refractivity contribution is 5.71. The van der Waals surface area contributed by atoms with Gasteiger partial charge in [-0.3, -0.25) is 14.4 Å². The molecule has 0 rings (SSSR count). The Hall–Kier alpha value is -3.93. The van der Waals surface area contributed by atoms with Gasteiger partial charge in [0, 0.05) is 19.3 Å². The third kappa shape index (κ3) is 51.1. The van der Waals surface area contributed by atoms with Gasteiger partial charge in [0.15, 0.2) is 6.10 Å². The monoisotopic (exact) mass is 915 g/mol. The fourth-order valence-electron chi connectivity index (χ4n) is 6.95. The van der Waals surface area contributed by atoms with Crippen LogP contribution in [0.1, 0.15) is 233 Å². The van der Waals surface area contributed by atoms with Crippen molar-refractivity contribution in [1.82, 2.24) is 0 Å². The highest BCUT2D eigenvalue weighted by Crippen LogP contribution is 2.12. The van der Waals surface area contributed by atoms with Crippen molar-refractivity contribution in [1.29, 1.82) is 0 Å². The minimum absolute atomic E-state index is 0.115. The van der Waals surface area contributed by atoms with E-state index < -0.39 is 6.10 Å². The lowest BCUT2D eigenvalue weighted by atomic mass is 10.1. The second kappa shape index (κ2) is 53.7. The van der Waals surface area contributed by atoms with E-state index in [0.29, 0.717) is 19.3 Å². The van der Waals surface area contributed by atoms with E-state index in [1.807, 2.05) is 0 Å². The van der Waals surface area contributed by atoms with Gasteiger partial charge in [-0.05, 0) is 122 Å². The molecule has 1 unspecified atom stereocenters. The van der Waals surface area contributed by atoms with Gasteiger partial charge in [-0.25, -0.2) is 0 Å². The van der Waals surface area contributed by atoms with Crippen LogP contribution in [0.25, 0.3) is 0 Å². The first-order valence-electron chi connectivity index (χ1n) is 26.9. The van der Waals surface area contributed by atoms with E-state index >= 15 is 0 Å². The summed E-state index contributed by atoms with van der Waals surface area (Å²) in [6.07, 6.45) is 72.2. The Morgan fingerprint density at radius 1 is 0.318 bits per heavy atom. The first-order chi connectivity index (χ1) is 32.5. The summed E-state index contributed by atoms with van der Waals surface area (Å²) in [5.41, 5.74) is 0. The largest absolute Gasteiger partial charge is 0.462 e. The van der Waals surface area contributed by atoms with Gasteiger partial charge in [-0.15, -0.1) is 0 Å². The van der Waals surface area contributed by atoms with Gasteiger partial charge in [0.2, 0.25) is 0 Å². The van der Waals surface area contributed by atoms with Crippen LogP contribution in [0, 0.1) is 0 Å². The number of ether oxygens (including phenoxy) is 3. The summed E-state index contributed by atoms with van der Waals surface area (Å²) in [5, 5.41) is 0. The first kappa shape index (κ1) is 62.1. The molecule has 0 aliphatic heterocycles. The second-order valence-electron chi connectivity index (χ2n) is 17.4. The molecule has 0 aromatic carbocycles. The van der Waals surface area contributed by atoms with Crippen LogP contribution in [0.3, 0.4) is 0 Å². The smallest absolute Gasteiger partial charge is 0.306 e. The van der Waals surface area contributed by atoms with Gasteiger partial charge in [-0.1, -0.05) is 201 Å². The maximum Gasteiger partial charge on any atom is 0.306 e. The van der Waals surface area contributed by atoms with Crippen molar-refractivity contribution in [3.05, 3.63) is 109 Å². The van der Waals surface area contributed by atoms with Crippen LogP contribution in [0.5, 0.6) is 0 Å². The Balaban J connectivity index is 4.53. The summed E-state index contributed by atoms with van der Waals surface area (Å²) < 4.78 is 16.7. The van der Waals surface area contributed by atoms with E-state index in [-0.39, 0.29) is 37.5 Å². The molecule has 6 nitrogen and oxygen atoms in total. The van der Waals surface area contributed by atoms with Crippen molar-refractivity contribution in [3.63, 3.8) is 0 Å². The predicted molar refractivity (Wildman–Crippen MR) is 283 cm³/mol. The Morgan fingerprint density at radius 2 is 0.606 bits per heavy atom. The highest BCUT2D eigenvalue weighted by Gasteiger charge is 2.19. The average molecular weight is 915 g/mol. The second-order valence-corrected chi connectivity index (χ2v) is 17.4. The fourth-order valence-corrected chi connectivity index (χ4v) is 6.95. The number of allylic oxidation sites excluding steroid dienone is 18. The molecule has 66 heavy (non-hydrogen) atoms. The van der Waals surface area contributed by atoms with Gasteiger partial charge in [0.1, 0.15) is 13.2 Å². The first-order valence-corrected chi connectivity index (χ1v) is 26.9. The highest BCUT2D eigenvalue weighted by atomic mass is 16.6. The topological polar surface area (TPSA) is 78.9 Å². The van der Waals surface area contributed by atoms with Crippen molar-refractivity contribution in [2.45, 2.75) is 239 Å². The summed E-state index contributed by atoms with van der Waals surface area (Å²) in [6, 6.07) is 0. The van der Waals surface area contributed by atoms with Crippen LogP contribution in [-0.2, 0) is 28.6 Å². The van der Waals surface area contributed by atoms with E-state index in [9.17, 15) is 14.4 Å². The number of carbonyl (C=O) groups is 3. The molecule has 0 aliphatic rings. The van der Waals surface area contributed by atoms with Crippen molar-refractivity contribution in [2.24, 2.45) is 0 Å². The summed E-state index contributed by atoms with van der Waals surface area (Å²) in [5.74, 6) is -1.01. The molecule has 0 radical (unpaired) electrons. The Kier molecular flexibility index (Phi) is 50.5. The van der Waals surface area contributed by atoms with Crippen LogP contribution < -0.4 is 0 Å². The van der Waals surface area contributed by atoms with E-state index in [1.165, 1.54) is 77.0 Å². The van der Waals surface area contributed by atoms with Gasteiger partial charge >= 0.3 is 17.9 Å². The number of hydrogen-bond acceptors (Lipinski definition) is 6. The maximum atomic E-state index is 12.8. The standard InChI is InChI=1S/C60H98O6/c1-4-7-10-13-16-19-22-25-27-29-30-32-33-35-38-41-44-47-50-53-59(62)65-56-57(55-64-58(61)52-49-46-43-40-37-24-21-18-15-12-9-6-3)66-60(63)54-51-48-45-42-39-36-34-31-28-26-23-20-17-14-11-8-5-2/h7,10,16,18-19,21,25-28,30,32,34-36,38,42,45,57H,4-6,8-9,11-15,17,20,22-24,29,31,33,37,39-41,43-44,46-56H2,1-3H3/b10-7-,19-16-,21-18-,27-25-,28-26-,32-30-,36-34-,38-35-,45-42-. The molecule has 0 spiro atoms. The summed E-state index contributed by atoms with van der Waals surface area (Å²) in [7, 11) is 0. The third-order valence-corrected chi connectivity index (χ3v) is 11.0. The third-order valence-electron chi connectivity index (χ3n) is 11.0. The van der Waals surface area contributed by atoms with Gasteiger partial charge < -0.3 is 14.2 Å². The molecule has 0 aliphatic carbocycles. The summed E-state index contributed by atoms with van der Waals surface area (Å²) in [4.78, 5) is 38.0. The molecule has 0 saturated heterocycles. The Morgan fingerprint density at radius 3 is 1.03 bits per heavy atom. The van der Waals surface area contributed by atoms with Crippen molar-refractivity contribution < 1.29 is 28.6 Å². The molecule has 374 valence electrons. The lowest BCUT2D eigenvalue weighted by Crippen LogP contribution is -2.30. The molecule has 0 N–H and O–H groups in total. The van der Waals surface area contributed by atoms with Gasteiger partial charge in [0.05, 0.1) is 0 Å². The zero-order chi connectivity index (χ0) is 47.9. The van der Waals surface area contributed by atoms with Crippen LogP contribution in [-0.4, -0.2) is 37.2 Å². The molecule has 0 aromatic heterocycles. The zero-order valence-electron chi connectivity index (χ0n) is 42.7. The minimum atomic E-state index is -0.823. The van der Waals surface area contributed by atoms with Crippen LogP contribution in [0.4, 0.5) is 0 Å². The number of carbonyl (C=O) groups excluding carboxylic acids is 3. The van der Waals surface area contributed by atoms with E-state index in [1.54, 1.807) is 0 Å². The lowest BCUT2D eigenvalue weighted by Gasteiger charge is -2.18. The quantitative estimate of drug-likeness (QED) is 0.0262. The SMILES string of the molecule is CC/C=C\C/C=C\C/C=C\C/C=C\C/C=C\CCCCCC(=O)OCC(COC(=O)CCCCCCC/C=C\CCCCC)OC(=O)CCC/C=C\C/C=C\C/C=C\CCCCCCCC. The summed E-state index contributed by atoms with van der Waals surface area (Å²) >= 11 is 0. The predicted octanol–water partition coefficient (Wildman–Crippen LogP) is 17.9. The van der Waals surface area contributed by atoms with E-state index in [2.05, 4.69) is 130 Å². The zero-order valence-corrected chi connectivity index (χ0v) is 42.7. The van der Waals surface area contributed by atoms with Gasteiger partial charge in [0.25, 0.3) is 0 Å². The van der Waals surface area contributed by atoms with Crippen LogP contribution in [0.2, 0.25) is 0 Å². The van der Waals surface area contributed by atoms with Crippen LogP contribution in [0.15, 0.2) is 109 Å². The van der Waals surface area contributed by atoms with Crippen LogP contribution >= 0.6 is 0 Å². The normalized spacial score (nSPS) is 13.0. The molecule has 0 aromatic rings. The lowest BCUT2D eigenvalue weighted by molar-refractivity contribution is -0.167. The molecule has 0 bridgehead atoms. The Labute approximate surface area is 406 Å². The number of rotatable bonds is 47. The molecule has 0 amide bonds. The minimum Gasteiger partial charge on any atom is -0.462 e. The molecular weight excluding hydrogens is 817 g/mol. The average Bonchev–Trinajstić information content (AvgIpc) is 3.31. The number of unbranched alkanes of at least 4 members (excludes halogenated alkanes) is 18. The number of hydrogen-bond donors (Lipinski definition) is 0. The Bertz CT molecular complexity index is 1370. The van der Waals surface area contributed by atoms with Crippen molar-refractivity contribution in [2.75, 3.05) is 13.2 Å². The van der Waals surface area contributed by atoms with Gasteiger partial charge in [-0.2, -0.15) is 0 Å². The summed E-state index contributed by atoms with van der Waals surface area (Å²) in [6.45, 7) is 6.40. The molecule has 0 heterocycles. The molecule has 0 fully saturated rings. The van der Waals surface area contributed by atoms with E-state index in [0.717, 1.165) is 109 Å². The maximum absolute atomic E-state index is 12.8. The fraction of sp³-hybridized carbons (Fsp3) is 0.650. The number of esters is 3. The van der Waals surface area contributed by atoms with Crippen molar-refractivity contribution in [3.8, 4) is 0 Å². The molecule has 1 atom stereocenters. The van der Waals surface area contributed by atoms with Crippen molar-refractivity contribution >= 4 is 17.9 Å². The molecular formula is C60H98O6. The molecule has 6 heteroatoms. The molecule has 0 saturated carbocycles. The van der Waals surface area contributed by atoms with E-state index in [4.69, 9.17) is 14.2 Å².